The van der Waals surface area contributed by atoms with Gasteiger partial charge in [0, 0.05) is 18.7 Å². The Morgan fingerprint density at radius 1 is 1.12 bits per heavy atom. The Kier molecular flexibility index (Phi) is 5.26. The lowest BCUT2D eigenvalue weighted by atomic mass is 9.82. The number of carboxylic acids is 1. The molecule has 1 atom stereocenters. The van der Waals surface area contributed by atoms with Crippen molar-refractivity contribution < 1.29 is 19.4 Å². The molecule has 0 aliphatic carbocycles. The van der Waals surface area contributed by atoms with Gasteiger partial charge in [-0.15, -0.1) is 0 Å². The molecule has 26 heavy (non-hydrogen) atoms. The van der Waals surface area contributed by atoms with Gasteiger partial charge in [0.15, 0.2) is 6.61 Å². The second kappa shape index (κ2) is 7.60. The summed E-state index contributed by atoms with van der Waals surface area (Å²) in [7, 11) is 0. The smallest absolute Gasteiger partial charge is 0.311 e. The second-order valence-electron chi connectivity index (χ2n) is 6.94. The lowest BCUT2D eigenvalue weighted by Gasteiger charge is -2.37. The van der Waals surface area contributed by atoms with Crippen molar-refractivity contribution in [2.75, 3.05) is 19.7 Å². The molecular formula is C21H23NO4. The first-order chi connectivity index (χ1) is 12.5. The summed E-state index contributed by atoms with van der Waals surface area (Å²) < 4.78 is 5.80. The van der Waals surface area contributed by atoms with Gasteiger partial charge < -0.3 is 14.7 Å². The highest BCUT2D eigenvalue weighted by Gasteiger charge is 2.39. The summed E-state index contributed by atoms with van der Waals surface area (Å²) in [5.74, 6) is -0.393. The van der Waals surface area contributed by atoms with Gasteiger partial charge in [-0.2, -0.15) is 0 Å². The molecule has 0 aromatic heterocycles. The Bertz CT molecular complexity index is 790. The van der Waals surface area contributed by atoms with Crippen LogP contribution in [0.1, 0.15) is 19.8 Å². The third-order valence-corrected chi connectivity index (χ3v) is 4.89. The summed E-state index contributed by atoms with van der Waals surface area (Å²) in [6.07, 6.45) is 1.28. The van der Waals surface area contributed by atoms with Gasteiger partial charge in [0.2, 0.25) is 0 Å². The molecule has 136 valence electrons. The van der Waals surface area contributed by atoms with Crippen LogP contribution >= 0.6 is 0 Å². The van der Waals surface area contributed by atoms with Gasteiger partial charge >= 0.3 is 5.97 Å². The largest absolute Gasteiger partial charge is 0.483 e. The first-order valence-corrected chi connectivity index (χ1v) is 8.78. The molecule has 1 N–H and O–H groups in total. The minimum Gasteiger partial charge on any atom is -0.483 e. The van der Waals surface area contributed by atoms with E-state index in [4.69, 9.17) is 4.74 Å². The number of amides is 1. The van der Waals surface area contributed by atoms with Crippen LogP contribution in [-0.2, 0) is 9.59 Å². The highest BCUT2D eigenvalue weighted by atomic mass is 16.5. The zero-order valence-corrected chi connectivity index (χ0v) is 14.9. The van der Waals surface area contributed by atoms with Crippen LogP contribution in [-0.4, -0.2) is 41.6 Å². The molecule has 1 aliphatic rings. The Labute approximate surface area is 153 Å². The molecule has 1 aliphatic heterocycles. The highest BCUT2D eigenvalue weighted by molar-refractivity contribution is 5.81. The highest BCUT2D eigenvalue weighted by Crippen LogP contribution is 2.31. The van der Waals surface area contributed by atoms with Gasteiger partial charge in [0.05, 0.1) is 5.41 Å². The van der Waals surface area contributed by atoms with Gasteiger partial charge in [0.1, 0.15) is 5.75 Å². The van der Waals surface area contributed by atoms with Gasteiger partial charge in [0.25, 0.3) is 5.91 Å². The number of carbonyl (C=O) groups excluding carboxylic acids is 1. The third-order valence-electron chi connectivity index (χ3n) is 4.89. The molecule has 1 unspecified atom stereocenters. The Morgan fingerprint density at radius 2 is 1.81 bits per heavy atom. The zero-order valence-electron chi connectivity index (χ0n) is 14.9. The van der Waals surface area contributed by atoms with E-state index in [9.17, 15) is 14.7 Å². The molecule has 2 aromatic rings. The van der Waals surface area contributed by atoms with Gasteiger partial charge in [-0.05, 0) is 31.4 Å². The molecule has 1 heterocycles. The maximum atomic E-state index is 12.5. The number of para-hydroxylation sites is 1. The first kappa shape index (κ1) is 18.0. The van der Waals surface area contributed by atoms with Crippen molar-refractivity contribution in [2.24, 2.45) is 5.41 Å². The Balaban J connectivity index is 1.68. The lowest BCUT2D eigenvalue weighted by Crippen LogP contribution is -2.49. The average molecular weight is 353 g/mol. The average Bonchev–Trinajstić information content (AvgIpc) is 2.67. The SMILES string of the molecule is CC1(C(=O)O)CCCN(C(=O)COc2ccccc2-c2ccccc2)C1. The standard InChI is InChI=1S/C21H23NO4/c1-21(20(24)25)12-7-13-22(15-21)19(23)14-26-18-11-6-5-10-17(18)16-8-3-2-4-9-16/h2-6,8-11H,7,12-15H2,1H3,(H,24,25). The van der Waals surface area contributed by atoms with E-state index in [1.165, 1.54) is 0 Å². The summed E-state index contributed by atoms with van der Waals surface area (Å²) in [6, 6.07) is 17.4. The van der Waals surface area contributed by atoms with Crippen LogP contribution in [0.15, 0.2) is 54.6 Å². The van der Waals surface area contributed by atoms with E-state index in [1.54, 1.807) is 11.8 Å². The lowest BCUT2D eigenvalue weighted by molar-refractivity contribution is -0.153. The molecular weight excluding hydrogens is 330 g/mol. The summed E-state index contributed by atoms with van der Waals surface area (Å²) in [6.45, 7) is 2.40. The van der Waals surface area contributed by atoms with Gasteiger partial charge in [-0.25, -0.2) is 0 Å². The summed E-state index contributed by atoms with van der Waals surface area (Å²) in [5, 5.41) is 9.40. The zero-order chi connectivity index (χ0) is 18.6. The van der Waals surface area contributed by atoms with Crippen molar-refractivity contribution in [1.29, 1.82) is 0 Å². The molecule has 1 amide bonds. The van der Waals surface area contributed by atoms with Crippen molar-refractivity contribution in [1.82, 2.24) is 4.90 Å². The van der Waals surface area contributed by atoms with E-state index in [2.05, 4.69) is 0 Å². The molecule has 0 bridgehead atoms. The van der Waals surface area contributed by atoms with Crippen molar-refractivity contribution in [2.45, 2.75) is 19.8 Å². The van der Waals surface area contributed by atoms with Crippen LogP contribution in [0.4, 0.5) is 0 Å². The Hall–Kier alpha value is -2.82. The fraction of sp³-hybridized carbons (Fsp3) is 0.333. The number of carbonyl (C=O) groups is 2. The predicted octanol–water partition coefficient (Wildman–Crippen LogP) is 3.45. The van der Waals surface area contributed by atoms with Crippen molar-refractivity contribution in [3.63, 3.8) is 0 Å². The molecule has 2 aromatic carbocycles. The number of hydrogen-bond donors (Lipinski definition) is 1. The van der Waals surface area contributed by atoms with Gasteiger partial charge in [-0.3, -0.25) is 9.59 Å². The fourth-order valence-electron chi connectivity index (χ4n) is 3.31. The number of nitrogens with zero attached hydrogens (tertiary/aromatic N) is 1. The number of piperidine rings is 1. The minimum absolute atomic E-state index is 0.0977. The number of benzene rings is 2. The van der Waals surface area contributed by atoms with Crippen LogP contribution in [0.5, 0.6) is 5.75 Å². The fourth-order valence-corrected chi connectivity index (χ4v) is 3.31. The number of carboxylic acid groups (broad SMARTS) is 1. The molecule has 0 spiro atoms. The van der Waals surface area contributed by atoms with Crippen LogP contribution < -0.4 is 4.74 Å². The van der Waals surface area contributed by atoms with Crippen molar-refractivity contribution in [3.8, 4) is 16.9 Å². The normalized spacial score (nSPS) is 19.8. The van der Waals surface area contributed by atoms with E-state index in [0.717, 1.165) is 11.1 Å². The summed E-state index contributed by atoms with van der Waals surface area (Å²) in [5.41, 5.74) is 1.07. The number of aliphatic carboxylic acids is 1. The molecule has 5 nitrogen and oxygen atoms in total. The number of likely N-dealkylation sites (tertiary alicyclic amines) is 1. The maximum absolute atomic E-state index is 12.5. The summed E-state index contributed by atoms with van der Waals surface area (Å²) in [4.78, 5) is 25.6. The first-order valence-electron chi connectivity index (χ1n) is 8.78. The third kappa shape index (κ3) is 3.87. The van der Waals surface area contributed by atoms with E-state index in [0.29, 0.717) is 25.1 Å². The second-order valence-corrected chi connectivity index (χ2v) is 6.94. The predicted molar refractivity (Wildman–Crippen MR) is 98.9 cm³/mol. The molecule has 3 rings (SSSR count). The van der Waals surface area contributed by atoms with Gasteiger partial charge in [-0.1, -0.05) is 48.5 Å². The molecule has 5 heteroatoms. The number of ether oxygens (including phenoxy) is 1. The van der Waals surface area contributed by atoms with Crippen LogP contribution in [0.3, 0.4) is 0 Å². The molecule has 0 saturated carbocycles. The topological polar surface area (TPSA) is 66.8 Å². The maximum Gasteiger partial charge on any atom is 0.311 e. The number of rotatable bonds is 5. The van der Waals surface area contributed by atoms with Crippen LogP contribution in [0.25, 0.3) is 11.1 Å². The number of hydrogen-bond acceptors (Lipinski definition) is 3. The minimum atomic E-state index is -0.879. The van der Waals surface area contributed by atoms with Crippen molar-refractivity contribution >= 4 is 11.9 Å². The van der Waals surface area contributed by atoms with Crippen LogP contribution in [0.2, 0.25) is 0 Å². The van der Waals surface area contributed by atoms with E-state index >= 15 is 0 Å². The van der Waals surface area contributed by atoms with E-state index in [1.807, 2.05) is 54.6 Å². The monoisotopic (exact) mass is 353 g/mol. The quantitative estimate of drug-likeness (QED) is 0.894. The molecule has 1 saturated heterocycles. The molecule has 1 fully saturated rings. The Morgan fingerprint density at radius 3 is 2.54 bits per heavy atom. The summed E-state index contributed by atoms with van der Waals surface area (Å²) >= 11 is 0. The molecule has 0 radical (unpaired) electrons. The van der Waals surface area contributed by atoms with Crippen molar-refractivity contribution in [3.05, 3.63) is 54.6 Å². The van der Waals surface area contributed by atoms with Crippen LogP contribution in [0, 0.1) is 5.41 Å². The van der Waals surface area contributed by atoms with E-state index in [-0.39, 0.29) is 19.1 Å². The van der Waals surface area contributed by atoms with E-state index < -0.39 is 11.4 Å².